The van der Waals surface area contributed by atoms with Gasteiger partial charge in [0.25, 0.3) is 0 Å². The van der Waals surface area contributed by atoms with Gasteiger partial charge in [-0.25, -0.2) is 4.79 Å². The molecule has 1 aliphatic heterocycles. The van der Waals surface area contributed by atoms with Gasteiger partial charge in [-0.3, -0.25) is 9.59 Å². The molecule has 7 nitrogen and oxygen atoms in total. The number of hydrogen-bond donors (Lipinski definition) is 0. The molecule has 1 heterocycles. The highest BCUT2D eigenvalue weighted by Gasteiger charge is 2.36. The van der Waals surface area contributed by atoms with Crippen molar-refractivity contribution in [3.63, 3.8) is 0 Å². The van der Waals surface area contributed by atoms with Gasteiger partial charge in [-0.05, 0) is 18.4 Å². The van der Waals surface area contributed by atoms with Gasteiger partial charge >= 0.3 is 18.0 Å². The zero-order valence-corrected chi connectivity index (χ0v) is 14.5. The fraction of sp³-hybridized carbons (Fsp3) is 0.500. The number of hydrogen-bond acceptors (Lipinski definition) is 6. The molecule has 1 fully saturated rings. The molecule has 0 spiro atoms. The van der Waals surface area contributed by atoms with Crippen LogP contribution in [0.25, 0.3) is 0 Å². The molecule has 0 bridgehead atoms. The van der Waals surface area contributed by atoms with Crippen molar-refractivity contribution in [3.05, 3.63) is 35.9 Å². The maximum atomic E-state index is 12.5. The second-order valence-electron chi connectivity index (χ2n) is 5.95. The minimum Gasteiger partial charge on any atom is -0.469 e. The molecule has 1 aromatic carbocycles. The van der Waals surface area contributed by atoms with Crippen molar-refractivity contribution < 1.29 is 28.6 Å². The molecule has 25 heavy (non-hydrogen) atoms. The number of carbonyl (C=O) groups excluding carboxylic acids is 3. The van der Waals surface area contributed by atoms with Crippen LogP contribution in [0.1, 0.15) is 25.3 Å². The number of piperidine rings is 1. The average Bonchev–Trinajstić information content (AvgIpc) is 2.64. The van der Waals surface area contributed by atoms with E-state index in [2.05, 4.69) is 0 Å². The smallest absolute Gasteiger partial charge is 0.410 e. The number of esters is 2. The number of benzene rings is 1. The summed E-state index contributed by atoms with van der Waals surface area (Å²) >= 11 is 0. The van der Waals surface area contributed by atoms with Crippen LogP contribution >= 0.6 is 0 Å². The highest BCUT2D eigenvalue weighted by molar-refractivity contribution is 5.75. The molecule has 0 N–H and O–H groups in total. The zero-order valence-electron chi connectivity index (χ0n) is 14.5. The lowest BCUT2D eigenvalue weighted by atomic mass is 9.93. The largest absolute Gasteiger partial charge is 0.469 e. The second kappa shape index (κ2) is 9.05. The van der Waals surface area contributed by atoms with Crippen LogP contribution in [0.3, 0.4) is 0 Å². The molecule has 0 aromatic heterocycles. The molecule has 0 aliphatic carbocycles. The summed E-state index contributed by atoms with van der Waals surface area (Å²) in [5.74, 6) is -1.16. The molecule has 136 valence electrons. The third-order valence-corrected chi connectivity index (χ3v) is 4.16. The van der Waals surface area contributed by atoms with Gasteiger partial charge in [0.05, 0.1) is 19.1 Å². The Morgan fingerprint density at radius 3 is 2.48 bits per heavy atom. The zero-order chi connectivity index (χ0) is 18.2. The van der Waals surface area contributed by atoms with Crippen LogP contribution in [0.5, 0.6) is 0 Å². The predicted molar refractivity (Wildman–Crippen MR) is 88.5 cm³/mol. The molecule has 1 saturated heterocycles. The van der Waals surface area contributed by atoms with Crippen LogP contribution in [0, 0.1) is 5.92 Å². The quantitative estimate of drug-likeness (QED) is 0.598. The molecule has 1 aliphatic rings. The van der Waals surface area contributed by atoms with E-state index in [1.165, 1.54) is 18.9 Å². The Hall–Kier alpha value is -2.57. The van der Waals surface area contributed by atoms with Gasteiger partial charge < -0.3 is 19.1 Å². The Morgan fingerprint density at radius 1 is 1.12 bits per heavy atom. The van der Waals surface area contributed by atoms with Gasteiger partial charge in [-0.1, -0.05) is 30.3 Å². The Labute approximate surface area is 146 Å². The van der Waals surface area contributed by atoms with E-state index >= 15 is 0 Å². The van der Waals surface area contributed by atoms with Crippen molar-refractivity contribution in [1.29, 1.82) is 0 Å². The summed E-state index contributed by atoms with van der Waals surface area (Å²) in [4.78, 5) is 36.8. The standard InChI is InChI=1S/C18H23NO6/c1-13(20)24-12-16-9-8-15(17(21)23-2)10-19(16)18(22)25-11-14-6-4-3-5-7-14/h3-7,15-16H,8-12H2,1-2H3. The number of nitrogens with zero attached hydrogens (tertiary/aromatic N) is 1. The lowest BCUT2D eigenvalue weighted by Crippen LogP contribution is -2.51. The molecule has 2 atom stereocenters. The summed E-state index contributed by atoms with van der Waals surface area (Å²) in [6.07, 6.45) is 0.573. The summed E-state index contributed by atoms with van der Waals surface area (Å²) in [5.41, 5.74) is 0.869. The first-order valence-corrected chi connectivity index (χ1v) is 8.19. The number of likely N-dealkylation sites (tertiary alicyclic amines) is 1. The minimum atomic E-state index is -0.533. The fourth-order valence-electron chi connectivity index (χ4n) is 2.80. The van der Waals surface area contributed by atoms with Crippen LogP contribution in [0.4, 0.5) is 4.79 Å². The van der Waals surface area contributed by atoms with Crippen molar-refractivity contribution in [3.8, 4) is 0 Å². The second-order valence-corrected chi connectivity index (χ2v) is 5.95. The summed E-state index contributed by atoms with van der Waals surface area (Å²) < 4.78 is 15.2. The Morgan fingerprint density at radius 2 is 1.84 bits per heavy atom. The Bertz CT molecular complexity index is 603. The minimum absolute atomic E-state index is 0.0870. The number of ether oxygens (including phenoxy) is 3. The van der Waals surface area contributed by atoms with E-state index in [0.717, 1.165) is 5.56 Å². The third kappa shape index (κ3) is 5.48. The number of methoxy groups -OCH3 is 1. The fourth-order valence-corrected chi connectivity index (χ4v) is 2.80. The normalized spacial score (nSPS) is 19.8. The monoisotopic (exact) mass is 349 g/mol. The Kier molecular flexibility index (Phi) is 6.80. The molecule has 0 radical (unpaired) electrons. The molecule has 2 unspecified atom stereocenters. The van der Waals surface area contributed by atoms with E-state index in [1.54, 1.807) is 0 Å². The van der Waals surface area contributed by atoms with E-state index in [4.69, 9.17) is 14.2 Å². The lowest BCUT2D eigenvalue weighted by molar-refractivity contribution is -0.150. The van der Waals surface area contributed by atoms with Gasteiger partial charge in [0.2, 0.25) is 0 Å². The summed E-state index contributed by atoms with van der Waals surface area (Å²) in [7, 11) is 1.32. The molecular formula is C18H23NO6. The number of carbonyl (C=O) groups is 3. The first-order chi connectivity index (χ1) is 12.0. The van der Waals surface area contributed by atoms with Gasteiger partial charge in [0.1, 0.15) is 13.2 Å². The van der Waals surface area contributed by atoms with Crippen molar-refractivity contribution in [2.45, 2.75) is 32.4 Å². The first kappa shape index (κ1) is 18.8. The highest BCUT2D eigenvalue weighted by atomic mass is 16.6. The van der Waals surface area contributed by atoms with Gasteiger partial charge in [0.15, 0.2) is 0 Å². The average molecular weight is 349 g/mol. The maximum absolute atomic E-state index is 12.5. The van der Waals surface area contributed by atoms with E-state index in [0.29, 0.717) is 12.8 Å². The van der Waals surface area contributed by atoms with Crippen molar-refractivity contribution in [2.75, 3.05) is 20.3 Å². The maximum Gasteiger partial charge on any atom is 0.410 e. The summed E-state index contributed by atoms with van der Waals surface area (Å²) in [6.45, 7) is 1.73. The van der Waals surface area contributed by atoms with E-state index < -0.39 is 18.0 Å². The molecule has 1 amide bonds. The van der Waals surface area contributed by atoms with E-state index in [9.17, 15) is 14.4 Å². The molecule has 1 aromatic rings. The molecule has 7 heteroatoms. The Balaban J connectivity index is 2.01. The first-order valence-electron chi connectivity index (χ1n) is 8.19. The van der Waals surface area contributed by atoms with E-state index in [1.807, 2.05) is 30.3 Å². The lowest BCUT2D eigenvalue weighted by Gasteiger charge is -2.37. The van der Waals surface area contributed by atoms with E-state index in [-0.39, 0.29) is 31.8 Å². The van der Waals surface area contributed by atoms with Gasteiger partial charge in [-0.2, -0.15) is 0 Å². The topological polar surface area (TPSA) is 82.1 Å². The number of amides is 1. The van der Waals surface area contributed by atoms with Crippen molar-refractivity contribution in [2.24, 2.45) is 5.92 Å². The van der Waals surface area contributed by atoms with Gasteiger partial charge in [0, 0.05) is 13.5 Å². The van der Waals surface area contributed by atoms with Crippen LogP contribution in [0.15, 0.2) is 30.3 Å². The van der Waals surface area contributed by atoms with Gasteiger partial charge in [-0.15, -0.1) is 0 Å². The van der Waals surface area contributed by atoms with Crippen molar-refractivity contribution in [1.82, 2.24) is 4.90 Å². The molecule has 2 rings (SSSR count). The van der Waals surface area contributed by atoms with Crippen LogP contribution in [-0.4, -0.2) is 49.2 Å². The predicted octanol–water partition coefficient (Wildman–Crippen LogP) is 2.14. The summed E-state index contributed by atoms with van der Waals surface area (Å²) in [5, 5.41) is 0. The molecular weight excluding hydrogens is 326 g/mol. The number of rotatable bonds is 5. The summed E-state index contributed by atoms with van der Waals surface area (Å²) in [6, 6.07) is 9.01. The third-order valence-electron chi connectivity index (χ3n) is 4.16. The SMILES string of the molecule is COC(=O)C1CCC(COC(C)=O)N(C(=O)OCc2ccccc2)C1. The highest BCUT2D eigenvalue weighted by Crippen LogP contribution is 2.24. The van der Waals surface area contributed by atoms with Crippen molar-refractivity contribution >= 4 is 18.0 Å². The molecule has 0 saturated carbocycles. The van der Waals surface area contributed by atoms with Crippen LogP contribution < -0.4 is 0 Å². The van der Waals surface area contributed by atoms with Crippen LogP contribution in [0.2, 0.25) is 0 Å². The van der Waals surface area contributed by atoms with Crippen LogP contribution in [-0.2, 0) is 30.4 Å².